The number of rotatable bonds is 3. The SMILES string of the molecule is CC1(C2CC2)CN(CC2CSCCS2)CCCN1. The van der Waals surface area contributed by atoms with Crippen LogP contribution < -0.4 is 5.32 Å². The fourth-order valence-electron chi connectivity index (χ4n) is 3.36. The zero-order valence-electron chi connectivity index (χ0n) is 11.5. The molecule has 3 fully saturated rings. The third kappa shape index (κ3) is 3.38. The Morgan fingerprint density at radius 2 is 2.22 bits per heavy atom. The van der Waals surface area contributed by atoms with E-state index >= 15 is 0 Å². The van der Waals surface area contributed by atoms with Crippen molar-refractivity contribution in [1.82, 2.24) is 10.2 Å². The van der Waals surface area contributed by atoms with Crippen LogP contribution in [-0.4, -0.2) is 59.1 Å². The molecule has 3 aliphatic rings. The van der Waals surface area contributed by atoms with Crippen molar-refractivity contribution >= 4 is 23.5 Å². The first-order valence-electron chi connectivity index (χ1n) is 7.43. The standard InChI is InChI=1S/C14H26N2S2/c1-14(12-3-4-12)11-16(6-2-5-15-14)9-13-10-17-7-8-18-13/h12-13,15H,2-11H2,1H3. The number of nitrogens with one attached hydrogen (secondary N) is 1. The van der Waals surface area contributed by atoms with E-state index < -0.39 is 0 Å². The van der Waals surface area contributed by atoms with Crippen LogP contribution in [0.15, 0.2) is 0 Å². The van der Waals surface area contributed by atoms with Gasteiger partial charge < -0.3 is 10.2 Å². The maximum absolute atomic E-state index is 3.83. The van der Waals surface area contributed by atoms with Gasteiger partial charge in [0.15, 0.2) is 0 Å². The summed E-state index contributed by atoms with van der Waals surface area (Å²) < 4.78 is 0. The molecule has 1 aliphatic carbocycles. The lowest BCUT2D eigenvalue weighted by atomic mass is 9.95. The van der Waals surface area contributed by atoms with Gasteiger partial charge in [-0.2, -0.15) is 23.5 Å². The molecule has 2 aliphatic heterocycles. The van der Waals surface area contributed by atoms with Crippen molar-refractivity contribution in [3.8, 4) is 0 Å². The van der Waals surface area contributed by atoms with Crippen molar-refractivity contribution in [1.29, 1.82) is 0 Å². The van der Waals surface area contributed by atoms with E-state index in [1.165, 1.54) is 62.7 Å². The average Bonchev–Trinajstić information content (AvgIpc) is 3.19. The Kier molecular flexibility index (Phi) is 4.49. The molecule has 1 saturated carbocycles. The molecule has 2 saturated heterocycles. The zero-order valence-corrected chi connectivity index (χ0v) is 13.1. The highest BCUT2D eigenvalue weighted by Gasteiger charge is 2.43. The van der Waals surface area contributed by atoms with Crippen LogP contribution in [0.4, 0.5) is 0 Å². The molecular weight excluding hydrogens is 260 g/mol. The van der Waals surface area contributed by atoms with Gasteiger partial charge in [-0.15, -0.1) is 0 Å². The summed E-state index contributed by atoms with van der Waals surface area (Å²) in [5, 5.41) is 4.71. The van der Waals surface area contributed by atoms with E-state index in [-0.39, 0.29) is 0 Å². The summed E-state index contributed by atoms with van der Waals surface area (Å²) in [5.74, 6) is 5.05. The third-order valence-electron chi connectivity index (χ3n) is 4.56. The summed E-state index contributed by atoms with van der Waals surface area (Å²) in [7, 11) is 0. The van der Waals surface area contributed by atoms with Crippen LogP contribution in [0.3, 0.4) is 0 Å². The van der Waals surface area contributed by atoms with E-state index in [0.717, 1.165) is 11.2 Å². The Balaban J connectivity index is 1.56. The maximum Gasteiger partial charge on any atom is 0.0308 e. The van der Waals surface area contributed by atoms with Gasteiger partial charge in [-0.05, 0) is 45.2 Å². The number of hydrogen-bond acceptors (Lipinski definition) is 4. The molecule has 0 amide bonds. The summed E-state index contributed by atoms with van der Waals surface area (Å²) in [6, 6.07) is 0. The molecule has 2 nitrogen and oxygen atoms in total. The topological polar surface area (TPSA) is 15.3 Å². The molecule has 2 heterocycles. The normalized spacial score (nSPS) is 39.5. The van der Waals surface area contributed by atoms with Crippen molar-refractivity contribution in [2.45, 2.75) is 37.0 Å². The molecule has 104 valence electrons. The molecule has 0 aromatic rings. The smallest absolute Gasteiger partial charge is 0.0308 e. The van der Waals surface area contributed by atoms with Crippen molar-refractivity contribution in [3.63, 3.8) is 0 Å². The summed E-state index contributed by atoms with van der Waals surface area (Å²) in [5.41, 5.74) is 0.406. The lowest BCUT2D eigenvalue weighted by molar-refractivity contribution is 0.203. The molecule has 18 heavy (non-hydrogen) atoms. The average molecular weight is 287 g/mol. The molecule has 0 spiro atoms. The second-order valence-corrected chi connectivity index (χ2v) is 8.83. The summed E-state index contributed by atoms with van der Waals surface area (Å²) in [6.45, 7) is 7.58. The van der Waals surface area contributed by atoms with Crippen LogP contribution in [-0.2, 0) is 0 Å². The predicted molar refractivity (Wildman–Crippen MR) is 83.8 cm³/mol. The van der Waals surface area contributed by atoms with Crippen LogP contribution in [0.1, 0.15) is 26.2 Å². The number of hydrogen-bond donors (Lipinski definition) is 1. The van der Waals surface area contributed by atoms with Gasteiger partial charge in [-0.1, -0.05) is 0 Å². The highest BCUT2D eigenvalue weighted by molar-refractivity contribution is 8.06. The van der Waals surface area contributed by atoms with E-state index in [9.17, 15) is 0 Å². The summed E-state index contributed by atoms with van der Waals surface area (Å²) in [4.78, 5) is 2.75. The predicted octanol–water partition coefficient (Wildman–Crippen LogP) is 2.30. The third-order valence-corrected chi connectivity index (χ3v) is 7.38. The molecule has 4 heteroatoms. The molecule has 0 bridgehead atoms. The number of thioether (sulfide) groups is 2. The van der Waals surface area contributed by atoms with Crippen LogP contribution >= 0.6 is 23.5 Å². The van der Waals surface area contributed by atoms with Crippen molar-refractivity contribution in [3.05, 3.63) is 0 Å². The largest absolute Gasteiger partial charge is 0.310 e. The lowest BCUT2D eigenvalue weighted by Crippen LogP contribution is -2.51. The molecule has 0 aromatic heterocycles. The van der Waals surface area contributed by atoms with Gasteiger partial charge in [-0.3, -0.25) is 0 Å². The Morgan fingerprint density at radius 3 is 2.94 bits per heavy atom. The van der Waals surface area contributed by atoms with Gasteiger partial charge >= 0.3 is 0 Å². The quantitative estimate of drug-likeness (QED) is 0.856. The first-order chi connectivity index (χ1) is 8.76. The molecule has 0 radical (unpaired) electrons. The minimum atomic E-state index is 0.406. The van der Waals surface area contributed by atoms with E-state index in [4.69, 9.17) is 0 Å². The Hall–Kier alpha value is 0.620. The molecule has 2 unspecified atom stereocenters. The Bertz CT molecular complexity index is 277. The fraction of sp³-hybridized carbons (Fsp3) is 1.00. The van der Waals surface area contributed by atoms with Gasteiger partial charge in [0.2, 0.25) is 0 Å². The molecular formula is C14H26N2S2. The van der Waals surface area contributed by atoms with Crippen molar-refractivity contribution < 1.29 is 0 Å². The second kappa shape index (κ2) is 5.94. The lowest BCUT2D eigenvalue weighted by Gasteiger charge is -2.36. The highest BCUT2D eigenvalue weighted by Crippen LogP contribution is 2.40. The van der Waals surface area contributed by atoms with Crippen molar-refractivity contribution in [2.24, 2.45) is 5.92 Å². The Morgan fingerprint density at radius 1 is 1.33 bits per heavy atom. The van der Waals surface area contributed by atoms with E-state index in [1.54, 1.807) is 0 Å². The summed E-state index contributed by atoms with van der Waals surface area (Å²) in [6.07, 6.45) is 4.23. The highest BCUT2D eigenvalue weighted by atomic mass is 32.2. The minimum absolute atomic E-state index is 0.406. The van der Waals surface area contributed by atoms with Gasteiger partial charge in [0.25, 0.3) is 0 Å². The monoisotopic (exact) mass is 286 g/mol. The van der Waals surface area contributed by atoms with Gasteiger partial charge in [0, 0.05) is 41.1 Å². The molecule has 3 rings (SSSR count). The van der Waals surface area contributed by atoms with E-state index in [1.807, 2.05) is 0 Å². The van der Waals surface area contributed by atoms with Crippen LogP contribution in [0, 0.1) is 5.92 Å². The van der Waals surface area contributed by atoms with Crippen LogP contribution in [0.25, 0.3) is 0 Å². The zero-order chi connectivity index (χ0) is 12.4. The van der Waals surface area contributed by atoms with E-state index in [0.29, 0.717) is 5.54 Å². The maximum atomic E-state index is 3.83. The fourth-order valence-corrected chi connectivity index (χ4v) is 6.07. The summed E-state index contributed by atoms with van der Waals surface area (Å²) >= 11 is 4.36. The van der Waals surface area contributed by atoms with E-state index in [2.05, 4.69) is 40.7 Å². The van der Waals surface area contributed by atoms with Crippen LogP contribution in [0.5, 0.6) is 0 Å². The Labute approximate surface area is 120 Å². The van der Waals surface area contributed by atoms with Gasteiger partial charge in [-0.25, -0.2) is 0 Å². The van der Waals surface area contributed by atoms with Crippen LogP contribution in [0.2, 0.25) is 0 Å². The van der Waals surface area contributed by atoms with Crippen molar-refractivity contribution in [2.75, 3.05) is 43.4 Å². The molecule has 0 aromatic carbocycles. The first kappa shape index (κ1) is 13.6. The van der Waals surface area contributed by atoms with Gasteiger partial charge in [0.1, 0.15) is 0 Å². The first-order valence-corrected chi connectivity index (χ1v) is 9.63. The minimum Gasteiger partial charge on any atom is -0.310 e. The molecule has 1 N–H and O–H groups in total. The second-order valence-electron chi connectivity index (χ2n) is 6.27. The number of nitrogens with zero attached hydrogens (tertiary/aromatic N) is 1. The molecule has 2 atom stereocenters. The van der Waals surface area contributed by atoms with Gasteiger partial charge in [0.05, 0.1) is 0 Å².